The van der Waals surface area contributed by atoms with Crippen LogP contribution >= 0.6 is 11.6 Å². The van der Waals surface area contributed by atoms with Crippen molar-refractivity contribution in [2.45, 2.75) is 38.1 Å². The molecule has 150 valence electrons. The zero-order valence-electron chi connectivity index (χ0n) is 15.8. The number of anilines is 2. The van der Waals surface area contributed by atoms with Crippen molar-refractivity contribution in [1.82, 2.24) is 15.3 Å². The smallest absolute Gasteiger partial charge is 0.346 e. The van der Waals surface area contributed by atoms with Gasteiger partial charge in [-0.25, -0.2) is 9.78 Å². The second-order valence-electron chi connectivity index (χ2n) is 7.14. The Hall–Kier alpha value is -2.38. The van der Waals surface area contributed by atoms with Crippen molar-refractivity contribution in [2.24, 2.45) is 5.92 Å². The number of carbonyl (C=O) groups is 1. The number of rotatable bonds is 6. The van der Waals surface area contributed by atoms with Gasteiger partial charge < -0.3 is 15.3 Å². The first-order chi connectivity index (χ1) is 13.5. The lowest BCUT2D eigenvalue weighted by Crippen LogP contribution is -2.43. The molecule has 28 heavy (non-hydrogen) atoms. The maximum atomic E-state index is 12.8. The van der Waals surface area contributed by atoms with Crippen LogP contribution in [-0.4, -0.2) is 40.7 Å². The molecule has 0 radical (unpaired) electrons. The normalized spacial score (nSPS) is 15.8. The van der Waals surface area contributed by atoms with Gasteiger partial charge in [-0.1, -0.05) is 30.9 Å². The standard InChI is InChI=1S/C20H25ClN4O3/c1-25(18-9-10-22-20(28)24-18)14-7-8-16(21)15(11-14)19(27)23-17(12-26)13-5-3-2-4-6-13/h7-11,13,17,26H,2-6,12H2,1H3,(H,23,27)(H,22,24,28)/t17-/m1/s1. The first-order valence-electron chi connectivity index (χ1n) is 9.50. The molecule has 0 bridgehead atoms. The molecule has 1 heterocycles. The molecule has 1 fully saturated rings. The van der Waals surface area contributed by atoms with Crippen molar-refractivity contribution in [3.63, 3.8) is 0 Å². The van der Waals surface area contributed by atoms with Crippen LogP contribution in [0.3, 0.4) is 0 Å². The van der Waals surface area contributed by atoms with Crippen molar-refractivity contribution in [2.75, 3.05) is 18.6 Å². The lowest BCUT2D eigenvalue weighted by molar-refractivity contribution is 0.0871. The molecular formula is C20H25ClN4O3. The predicted molar refractivity (Wildman–Crippen MR) is 109 cm³/mol. The minimum absolute atomic E-state index is 0.0914. The summed E-state index contributed by atoms with van der Waals surface area (Å²) in [6.07, 6.45) is 6.91. The summed E-state index contributed by atoms with van der Waals surface area (Å²) >= 11 is 6.27. The van der Waals surface area contributed by atoms with Gasteiger partial charge in [-0.15, -0.1) is 0 Å². The van der Waals surface area contributed by atoms with E-state index in [0.29, 0.717) is 22.1 Å². The highest BCUT2D eigenvalue weighted by molar-refractivity contribution is 6.34. The fourth-order valence-corrected chi connectivity index (χ4v) is 3.89. The Balaban J connectivity index is 1.80. The predicted octanol–water partition coefficient (Wildman–Crippen LogP) is 2.86. The minimum Gasteiger partial charge on any atom is -0.394 e. The minimum atomic E-state index is -0.449. The third-order valence-corrected chi connectivity index (χ3v) is 5.66. The highest BCUT2D eigenvalue weighted by atomic mass is 35.5. The van der Waals surface area contributed by atoms with Crippen LogP contribution in [0.1, 0.15) is 42.5 Å². The second-order valence-corrected chi connectivity index (χ2v) is 7.55. The Morgan fingerprint density at radius 3 is 2.79 bits per heavy atom. The van der Waals surface area contributed by atoms with E-state index in [1.165, 1.54) is 12.6 Å². The van der Waals surface area contributed by atoms with Gasteiger partial charge in [0.05, 0.1) is 23.2 Å². The number of hydrogen-bond donors (Lipinski definition) is 3. The van der Waals surface area contributed by atoms with E-state index in [9.17, 15) is 14.7 Å². The number of H-pyrrole nitrogens is 1. The molecule has 0 aliphatic heterocycles. The highest BCUT2D eigenvalue weighted by Gasteiger charge is 2.25. The SMILES string of the molecule is CN(c1ccc(Cl)c(C(=O)N[C@H](CO)C2CCCCC2)c1)c1ccnc(=O)[nH]1. The second kappa shape index (κ2) is 9.21. The monoisotopic (exact) mass is 404 g/mol. The third kappa shape index (κ3) is 4.72. The van der Waals surface area contributed by atoms with Gasteiger partial charge >= 0.3 is 5.69 Å². The van der Waals surface area contributed by atoms with Crippen molar-refractivity contribution in [3.05, 3.63) is 51.5 Å². The van der Waals surface area contributed by atoms with Crippen molar-refractivity contribution in [3.8, 4) is 0 Å². The average Bonchev–Trinajstić information content (AvgIpc) is 2.72. The molecule has 1 atom stereocenters. The quantitative estimate of drug-likeness (QED) is 0.687. The van der Waals surface area contributed by atoms with Gasteiger partial charge in [0.1, 0.15) is 5.82 Å². The summed E-state index contributed by atoms with van der Waals surface area (Å²) in [6.45, 7) is -0.0914. The van der Waals surface area contributed by atoms with E-state index in [0.717, 1.165) is 25.7 Å². The number of amides is 1. The maximum Gasteiger partial charge on any atom is 0.346 e. The number of halogens is 1. The van der Waals surface area contributed by atoms with Gasteiger partial charge in [0, 0.05) is 18.9 Å². The zero-order chi connectivity index (χ0) is 20.1. The number of aromatic amines is 1. The molecule has 0 saturated heterocycles. The molecule has 3 rings (SSSR count). The zero-order valence-corrected chi connectivity index (χ0v) is 16.6. The van der Waals surface area contributed by atoms with Crippen LogP contribution in [0, 0.1) is 5.92 Å². The molecule has 1 aliphatic rings. The number of nitrogens with one attached hydrogen (secondary N) is 2. The van der Waals surface area contributed by atoms with E-state index in [2.05, 4.69) is 15.3 Å². The van der Waals surface area contributed by atoms with Crippen LogP contribution in [0.2, 0.25) is 5.02 Å². The Kier molecular flexibility index (Phi) is 6.70. The van der Waals surface area contributed by atoms with Gasteiger partial charge in [-0.2, -0.15) is 0 Å². The van der Waals surface area contributed by atoms with Gasteiger partial charge in [-0.05, 0) is 43.0 Å². The number of hydrogen-bond acceptors (Lipinski definition) is 5. The molecular weight excluding hydrogens is 380 g/mol. The molecule has 1 saturated carbocycles. The van der Waals surface area contributed by atoms with Crippen LogP contribution in [0.5, 0.6) is 0 Å². The molecule has 1 aliphatic carbocycles. The van der Waals surface area contributed by atoms with Gasteiger partial charge in [0.2, 0.25) is 0 Å². The van der Waals surface area contributed by atoms with Gasteiger partial charge in [-0.3, -0.25) is 9.78 Å². The number of aliphatic hydroxyl groups excluding tert-OH is 1. The molecule has 1 aromatic heterocycles. The van der Waals surface area contributed by atoms with E-state index in [1.54, 1.807) is 36.2 Å². The van der Waals surface area contributed by atoms with Gasteiger partial charge in [0.15, 0.2) is 0 Å². The Morgan fingerprint density at radius 2 is 2.11 bits per heavy atom. The highest BCUT2D eigenvalue weighted by Crippen LogP contribution is 2.28. The summed E-state index contributed by atoms with van der Waals surface area (Å²) in [6, 6.07) is 6.48. The maximum absolute atomic E-state index is 12.8. The van der Waals surface area contributed by atoms with Crippen LogP contribution < -0.4 is 15.9 Å². The summed E-state index contributed by atoms with van der Waals surface area (Å²) in [5.41, 5.74) is 0.570. The molecule has 3 N–H and O–H groups in total. The van der Waals surface area contributed by atoms with Crippen molar-refractivity contribution in [1.29, 1.82) is 0 Å². The molecule has 1 amide bonds. The van der Waals surface area contributed by atoms with Crippen LogP contribution in [0.4, 0.5) is 11.5 Å². The summed E-state index contributed by atoms with van der Waals surface area (Å²) < 4.78 is 0. The summed E-state index contributed by atoms with van der Waals surface area (Å²) in [5.74, 6) is 0.520. The molecule has 8 heteroatoms. The number of nitrogens with zero attached hydrogens (tertiary/aromatic N) is 2. The first kappa shape index (κ1) is 20.4. The first-order valence-corrected chi connectivity index (χ1v) is 9.87. The Labute approximate surface area is 168 Å². The number of aliphatic hydroxyl groups is 1. The Bertz CT molecular complexity index is 880. The average molecular weight is 405 g/mol. The Morgan fingerprint density at radius 1 is 1.36 bits per heavy atom. The molecule has 7 nitrogen and oxygen atoms in total. The third-order valence-electron chi connectivity index (χ3n) is 5.33. The molecule has 2 aromatic rings. The topological polar surface area (TPSA) is 98.3 Å². The molecule has 1 aromatic carbocycles. The number of aromatic nitrogens is 2. The number of benzene rings is 1. The van der Waals surface area contributed by atoms with E-state index in [1.807, 2.05) is 0 Å². The van der Waals surface area contributed by atoms with E-state index < -0.39 is 5.69 Å². The van der Waals surface area contributed by atoms with Crippen LogP contribution in [-0.2, 0) is 0 Å². The largest absolute Gasteiger partial charge is 0.394 e. The lowest BCUT2D eigenvalue weighted by Gasteiger charge is -2.29. The van der Waals surface area contributed by atoms with Gasteiger partial charge in [0.25, 0.3) is 5.91 Å². The summed E-state index contributed by atoms with van der Waals surface area (Å²) in [7, 11) is 1.77. The van der Waals surface area contributed by atoms with Crippen LogP contribution in [0.15, 0.2) is 35.3 Å². The van der Waals surface area contributed by atoms with Crippen LogP contribution in [0.25, 0.3) is 0 Å². The van der Waals surface area contributed by atoms with E-state index in [-0.39, 0.29) is 24.5 Å². The van der Waals surface area contributed by atoms with E-state index in [4.69, 9.17) is 11.6 Å². The fourth-order valence-electron chi connectivity index (χ4n) is 3.68. The van der Waals surface area contributed by atoms with Crippen molar-refractivity contribution >= 4 is 29.0 Å². The number of carbonyl (C=O) groups excluding carboxylic acids is 1. The van der Waals surface area contributed by atoms with E-state index >= 15 is 0 Å². The van der Waals surface area contributed by atoms with Crippen molar-refractivity contribution < 1.29 is 9.90 Å². The fraction of sp³-hybridized carbons (Fsp3) is 0.450. The molecule has 0 unspecified atom stereocenters. The lowest BCUT2D eigenvalue weighted by atomic mass is 9.84. The summed E-state index contributed by atoms with van der Waals surface area (Å²) in [5, 5.41) is 13.0. The summed E-state index contributed by atoms with van der Waals surface area (Å²) in [4.78, 5) is 32.3. The molecule has 0 spiro atoms.